The smallest absolute Gasteiger partial charge is 0.323 e. The van der Waals surface area contributed by atoms with Gasteiger partial charge in [0.15, 0.2) is 11.7 Å². The second-order valence-corrected chi connectivity index (χ2v) is 8.61. The third-order valence-corrected chi connectivity index (χ3v) is 6.47. The summed E-state index contributed by atoms with van der Waals surface area (Å²) >= 11 is 1.21. The topological polar surface area (TPSA) is 68.2 Å². The number of aliphatic imine (C=N–C) groups is 1. The molecule has 0 aromatic heterocycles. The van der Waals surface area contributed by atoms with E-state index >= 15 is 0 Å². The van der Waals surface area contributed by atoms with E-state index in [9.17, 15) is 9.59 Å². The molecule has 2 aromatic carbocycles. The predicted octanol–water partition coefficient (Wildman–Crippen LogP) is 5.42. The van der Waals surface area contributed by atoms with Gasteiger partial charge in [-0.2, -0.15) is 0 Å². The lowest BCUT2D eigenvalue weighted by Gasteiger charge is -2.22. The molecule has 3 rings (SSSR count). The first-order valence-electron chi connectivity index (χ1n) is 11.1. The van der Waals surface area contributed by atoms with Crippen molar-refractivity contribution in [2.24, 2.45) is 10.9 Å². The largest absolute Gasteiger partial charge is 0.496 e. The molecule has 174 valence electrons. The number of esters is 1. The molecule has 2 aromatic rings. The molecule has 1 unspecified atom stereocenters. The number of aryl methyl sites for hydroxylation is 1. The van der Waals surface area contributed by atoms with Gasteiger partial charge in [0, 0.05) is 30.4 Å². The summed E-state index contributed by atoms with van der Waals surface area (Å²) in [6.07, 6.45) is 1.77. The number of ether oxygens (including phenoxy) is 2. The summed E-state index contributed by atoms with van der Waals surface area (Å²) in [6.45, 7) is 9.88. The van der Waals surface area contributed by atoms with Gasteiger partial charge in [-0.25, -0.2) is 4.99 Å². The van der Waals surface area contributed by atoms with Crippen LogP contribution in [0.2, 0.25) is 0 Å². The van der Waals surface area contributed by atoms with Crippen molar-refractivity contribution < 1.29 is 19.1 Å². The first kappa shape index (κ1) is 24.6. The molecule has 0 saturated carbocycles. The number of carbonyl (C=O) groups excluding carboxylic acids is 2. The van der Waals surface area contributed by atoms with E-state index in [0.717, 1.165) is 29.9 Å². The van der Waals surface area contributed by atoms with Gasteiger partial charge in [-0.3, -0.25) is 9.59 Å². The Kier molecular flexibility index (Phi) is 8.33. The summed E-state index contributed by atoms with van der Waals surface area (Å²) in [6, 6.07) is 13.5. The molecule has 6 nitrogen and oxygen atoms in total. The molecule has 0 spiro atoms. The summed E-state index contributed by atoms with van der Waals surface area (Å²) in [5, 5.41) is 0.423. The maximum atomic E-state index is 13.2. The molecule has 1 fully saturated rings. The number of Topliss-reactive ketones (excluding diaryl/α,β-unsaturated/α-hetero) is 1. The third-order valence-electron chi connectivity index (χ3n) is 5.39. The lowest BCUT2D eigenvalue weighted by atomic mass is 10.0. The number of anilines is 1. The van der Waals surface area contributed by atoms with Crippen LogP contribution in [0.4, 0.5) is 11.4 Å². The normalized spacial score (nSPS) is 18.1. The first-order chi connectivity index (χ1) is 15.9. The highest BCUT2D eigenvalue weighted by atomic mass is 32.2. The van der Waals surface area contributed by atoms with Crippen molar-refractivity contribution >= 4 is 46.0 Å². The first-order valence-corrected chi connectivity index (χ1v) is 11.9. The van der Waals surface area contributed by atoms with Crippen LogP contribution in [0.1, 0.15) is 31.9 Å². The molecule has 0 amide bonds. The van der Waals surface area contributed by atoms with Crippen LogP contribution in [0, 0.1) is 12.8 Å². The van der Waals surface area contributed by atoms with E-state index in [2.05, 4.69) is 23.7 Å². The number of hydrogen-bond acceptors (Lipinski definition) is 7. The summed E-state index contributed by atoms with van der Waals surface area (Å²) < 4.78 is 10.8. The minimum atomic E-state index is -1.05. The molecule has 1 atom stereocenters. The lowest BCUT2D eigenvalue weighted by molar-refractivity contribution is -0.147. The Bertz CT molecular complexity index is 1070. The van der Waals surface area contributed by atoms with Crippen LogP contribution >= 0.6 is 11.8 Å². The average Bonchev–Trinajstić information content (AvgIpc) is 3.11. The number of rotatable bonds is 8. The summed E-state index contributed by atoms with van der Waals surface area (Å²) in [4.78, 5) is 33.1. The van der Waals surface area contributed by atoms with Crippen molar-refractivity contribution in [2.45, 2.75) is 27.7 Å². The number of benzene rings is 2. The van der Waals surface area contributed by atoms with Gasteiger partial charge in [-0.05, 0) is 58.0 Å². The molecule has 0 bridgehead atoms. The summed E-state index contributed by atoms with van der Waals surface area (Å²) in [7, 11) is 1.61. The van der Waals surface area contributed by atoms with Gasteiger partial charge >= 0.3 is 5.97 Å². The van der Waals surface area contributed by atoms with Crippen molar-refractivity contribution in [3.8, 4) is 5.75 Å². The fourth-order valence-corrected chi connectivity index (χ4v) is 4.69. The van der Waals surface area contributed by atoms with Gasteiger partial charge in [0.2, 0.25) is 0 Å². The van der Waals surface area contributed by atoms with E-state index in [1.807, 2.05) is 49.4 Å². The van der Waals surface area contributed by atoms with E-state index in [1.165, 1.54) is 11.8 Å². The zero-order valence-corrected chi connectivity index (χ0v) is 20.6. The number of hydrogen-bond donors (Lipinski definition) is 0. The maximum Gasteiger partial charge on any atom is 0.323 e. The minimum Gasteiger partial charge on any atom is -0.496 e. The van der Waals surface area contributed by atoms with E-state index in [1.54, 1.807) is 20.1 Å². The zero-order valence-electron chi connectivity index (χ0n) is 19.8. The highest BCUT2D eigenvalue weighted by Crippen LogP contribution is 2.39. The Morgan fingerprint density at radius 1 is 1.12 bits per heavy atom. The third kappa shape index (κ3) is 5.66. The molecule has 33 heavy (non-hydrogen) atoms. The SMILES string of the molecule is CCOC(=O)C1C(=O)/C(=C/c2ccc(N(CC)CC)cc2OC)SC1=Nc1ccc(C)cc1. The van der Waals surface area contributed by atoms with Crippen LogP contribution in [0.5, 0.6) is 5.75 Å². The van der Waals surface area contributed by atoms with Gasteiger partial charge < -0.3 is 14.4 Å². The van der Waals surface area contributed by atoms with Crippen LogP contribution in [-0.2, 0) is 14.3 Å². The Labute approximate surface area is 199 Å². The quantitative estimate of drug-likeness (QED) is 0.294. The fraction of sp³-hybridized carbons (Fsp3) is 0.346. The van der Waals surface area contributed by atoms with Gasteiger partial charge in [-0.15, -0.1) is 0 Å². The fourth-order valence-electron chi connectivity index (χ4n) is 3.59. The molecule has 0 N–H and O–H groups in total. The number of methoxy groups -OCH3 is 1. The molecule has 1 saturated heterocycles. The van der Waals surface area contributed by atoms with Crippen molar-refractivity contribution in [1.82, 2.24) is 0 Å². The molecule has 1 heterocycles. The van der Waals surface area contributed by atoms with E-state index in [0.29, 0.717) is 21.4 Å². The lowest BCUT2D eigenvalue weighted by Crippen LogP contribution is -2.27. The van der Waals surface area contributed by atoms with Crippen molar-refractivity contribution in [3.05, 3.63) is 58.5 Å². The van der Waals surface area contributed by atoms with Gasteiger partial charge in [0.05, 0.1) is 24.3 Å². The van der Waals surface area contributed by atoms with Crippen LogP contribution in [0.3, 0.4) is 0 Å². The number of nitrogens with zero attached hydrogens (tertiary/aromatic N) is 2. The Morgan fingerprint density at radius 3 is 2.42 bits per heavy atom. The zero-order chi connectivity index (χ0) is 24.0. The van der Waals surface area contributed by atoms with E-state index < -0.39 is 11.9 Å². The predicted molar refractivity (Wildman–Crippen MR) is 136 cm³/mol. The molecule has 7 heteroatoms. The molecular weight excluding hydrogens is 436 g/mol. The summed E-state index contributed by atoms with van der Waals surface area (Å²) in [5.74, 6) is -1.27. The van der Waals surface area contributed by atoms with Crippen molar-refractivity contribution in [3.63, 3.8) is 0 Å². The van der Waals surface area contributed by atoms with Gasteiger partial charge in [-0.1, -0.05) is 29.5 Å². The molecular formula is C26H30N2O4S. The highest BCUT2D eigenvalue weighted by Gasteiger charge is 2.43. The maximum absolute atomic E-state index is 13.2. The Hall–Kier alpha value is -3.06. The Balaban J connectivity index is 2.00. The number of thioether (sulfide) groups is 1. The second-order valence-electron chi connectivity index (χ2n) is 7.54. The minimum absolute atomic E-state index is 0.199. The number of allylic oxidation sites excluding steroid dienone is 1. The average molecular weight is 467 g/mol. The molecule has 0 aliphatic carbocycles. The summed E-state index contributed by atoms with van der Waals surface area (Å²) in [5.41, 5.74) is 3.61. The number of carbonyl (C=O) groups is 2. The molecule has 0 radical (unpaired) electrons. The highest BCUT2D eigenvalue weighted by molar-refractivity contribution is 8.19. The van der Waals surface area contributed by atoms with Crippen molar-refractivity contribution in [2.75, 3.05) is 31.7 Å². The van der Waals surface area contributed by atoms with Gasteiger partial charge in [0.25, 0.3) is 0 Å². The molecule has 1 aliphatic rings. The second kappa shape index (κ2) is 11.2. The monoisotopic (exact) mass is 466 g/mol. The van der Waals surface area contributed by atoms with E-state index in [-0.39, 0.29) is 12.4 Å². The molecule has 1 aliphatic heterocycles. The van der Waals surface area contributed by atoms with E-state index in [4.69, 9.17) is 9.47 Å². The Morgan fingerprint density at radius 2 is 1.82 bits per heavy atom. The van der Waals surface area contributed by atoms with Crippen LogP contribution in [0.25, 0.3) is 6.08 Å². The standard InChI is InChI=1S/C26H30N2O4S/c1-6-28(7-2)20-14-11-18(21(16-20)31-5)15-22-24(29)23(26(30)32-8-3)25(33-22)27-19-12-9-17(4)10-13-19/h9-16,23H,6-8H2,1-5H3/b22-15-,27-25?. The van der Waals surface area contributed by atoms with Crippen LogP contribution in [0.15, 0.2) is 52.4 Å². The number of ketones is 1. The van der Waals surface area contributed by atoms with Crippen molar-refractivity contribution in [1.29, 1.82) is 0 Å². The van der Waals surface area contributed by atoms with Crippen LogP contribution < -0.4 is 9.64 Å². The van der Waals surface area contributed by atoms with Gasteiger partial charge in [0.1, 0.15) is 10.8 Å². The van der Waals surface area contributed by atoms with Crippen LogP contribution in [-0.4, -0.2) is 43.6 Å².